The maximum Gasteiger partial charge on any atom is 0.309 e. The van der Waals surface area contributed by atoms with Crippen LogP contribution in [0.2, 0.25) is 0 Å². The number of nitrogens with zero attached hydrogens (tertiary/aromatic N) is 2. The van der Waals surface area contributed by atoms with Crippen molar-refractivity contribution in [2.45, 2.75) is 25.9 Å². The van der Waals surface area contributed by atoms with Crippen LogP contribution < -0.4 is 10.6 Å². The summed E-state index contributed by atoms with van der Waals surface area (Å²) in [7, 11) is 2.12. The highest BCUT2D eigenvalue weighted by Crippen LogP contribution is 2.22. The molecule has 1 fully saturated rings. The number of piperazine rings is 1. The highest BCUT2D eigenvalue weighted by atomic mass is 16.2. The number of carbonyl (C=O) groups is 2. The Morgan fingerprint density at radius 2 is 1.53 bits per heavy atom. The van der Waals surface area contributed by atoms with E-state index in [9.17, 15) is 9.59 Å². The van der Waals surface area contributed by atoms with Crippen LogP contribution in [0.3, 0.4) is 0 Å². The van der Waals surface area contributed by atoms with E-state index < -0.39 is 11.8 Å². The molecule has 3 rings (SSSR count). The summed E-state index contributed by atoms with van der Waals surface area (Å²) in [6, 6.07) is 17.9. The Morgan fingerprint density at radius 3 is 2.17 bits per heavy atom. The largest absolute Gasteiger partial charge is 0.346 e. The van der Waals surface area contributed by atoms with Crippen molar-refractivity contribution < 1.29 is 9.59 Å². The van der Waals surface area contributed by atoms with E-state index in [4.69, 9.17) is 0 Å². The molecule has 0 aromatic heterocycles. The summed E-state index contributed by atoms with van der Waals surface area (Å²) < 4.78 is 0. The summed E-state index contributed by atoms with van der Waals surface area (Å²) in [5, 5.41) is 5.64. The molecule has 0 bridgehead atoms. The highest BCUT2D eigenvalue weighted by molar-refractivity contribution is 6.35. The monoisotopic (exact) mass is 408 g/mol. The van der Waals surface area contributed by atoms with Crippen LogP contribution in [0.15, 0.2) is 54.6 Å². The number of hydrogen-bond acceptors (Lipinski definition) is 4. The van der Waals surface area contributed by atoms with Crippen molar-refractivity contribution in [3.8, 4) is 0 Å². The molecule has 6 nitrogen and oxygen atoms in total. The van der Waals surface area contributed by atoms with Crippen LogP contribution in [0.5, 0.6) is 0 Å². The van der Waals surface area contributed by atoms with Gasteiger partial charge in [-0.05, 0) is 32.0 Å². The Balaban J connectivity index is 1.62. The van der Waals surface area contributed by atoms with E-state index in [1.807, 2.05) is 37.3 Å². The van der Waals surface area contributed by atoms with Crippen molar-refractivity contribution >= 4 is 11.8 Å². The Labute approximate surface area is 179 Å². The number of nitrogens with one attached hydrogen (secondary N) is 2. The summed E-state index contributed by atoms with van der Waals surface area (Å²) in [4.78, 5) is 29.6. The van der Waals surface area contributed by atoms with Crippen LogP contribution in [-0.2, 0) is 9.59 Å². The molecule has 2 amide bonds. The van der Waals surface area contributed by atoms with Crippen molar-refractivity contribution in [1.29, 1.82) is 0 Å². The van der Waals surface area contributed by atoms with Gasteiger partial charge in [0.2, 0.25) is 0 Å². The standard InChI is InChI=1S/C24H32N4O2/c1-18-9-11-21(12-10-18)22(28-15-13-27(3)14-16-28)17-25-23(29)24(30)26-19(2)20-7-5-4-6-8-20/h4-12,19,22H,13-17H2,1-3H3,(H,25,29)(H,26,30)/t19-,22+/m1/s1. The van der Waals surface area contributed by atoms with Crippen LogP contribution in [0.4, 0.5) is 0 Å². The fraction of sp³-hybridized carbons (Fsp3) is 0.417. The number of amides is 2. The maximum absolute atomic E-state index is 12.5. The summed E-state index contributed by atoms with van der Waals surface area (Å²) in [5.74, 6) is -1.20. The zero-order valence-corrected chi connectivity index (χ0v) is 18.1. The molecule has 1 aliphatic heterocycles. The summed E-state index contributed by atoms with van der Waals surface area (Å²) in [5.41, 5.74) is 3.33. The molecule has 0 radical (unpaired) electrons. The maximum atomic E-state index is 12.5. The Hall–Kier alpha value is -2.70. The quantitative estimate of drug-likeness (QED) is 0.720. The zero-order chi connectivity index (χ0) is 21.5. The van der Waals surface area contributed by atoms with E-state index in [1.54, 1.807) is 0 Å². The molecule has 0 aliphatic carbocycles. The van der Waals surface area contributed by atoms with Gasteiger partial charge in [-0.2, -0.15) is 0 Å². The lowest BCUT2D eigenvalue weighted by Crippen LogP contribution is -2.49. The van der Waals surface area contributed by atoms with E-state index >= 15 is 0 Å². The fourth-order valence-corrected chi connectivity index (χ4v) is 3.74. The Bertz CT molecular complexity index is 830. The molecule has 2 aromatic carbocycles. The van der Waals surface area contributed by atoms with Crippen LogP contribution in [0.25, 0.3) is 0 Å². The third-order valence-electron chi connectivity index (χ3n) is 5.75. The molecule has 2 atom stereocenters. The number of likely N-dealkylation sites (N-methyl/N-ethyl adjacent to an activating group) is 1. The average Bonchev–Trinajstić information content (AvgIpc) is 2.76. The second kappa shape index (κ2) is 10.4. The minimum atomic E-state index is -0.604. The fourth-order valence-electron chi connectivity index (χ4n) is 3.74. The van der Waals surface area contributed by atoms with E-state index in [2.05, 4.69) is 58.7 Å². The van der Waals surface area contributed by atoms with Gasteiger partial charge in [0.1, 0.15) is 0 Å². The van der Waals surface area contributed by atoms with E-state index in [1.165, 1.54) is 5.56 Å². The number of rotatable bonds is 6. The van der Waals surface area contributed by atoms with Gasteiger partial charge in [-0.25, -0.2) is 0 Å². The van der Waals surface area contributed by atoms with Gasteiger partial charge in [0.25, 0.3) is 0 Å². The van der Waals surface area contributed by atoms with Gasteiger partial charge in [-0.15, -0.1) is 0 Å². The van der Waals surface area contributed by atoms with Crippen LogP contribution in [0.1, 0.15) is 35.7 Å². The molecular weight excluding hydrogens is 376 g/mol. The molecule has 1 saturated heterocycles. The molecule has 30 heavy (non-hydrogen) atoms. The molecule has 2 aromatic rings. The lowest BCUT2D eigenvalue weighted by atomic mass is 10.0. The normalized spacial score (nSPS) is 17.2. The minimum absolute atomic E-state index is 0.0441. The molecule has 6 heteroatoms. The zero-order valence-electron chi connectivity index (χ0n) is 18.1. The molecule has 0 spiro atoms. The number of carbonyl (C=O) groups excluding carboxylic acids is 2. The topological polar surface area (TPSA) is 64.7 Å². The lowest BCUT2D eigenvalue weighted by Gasteiger charge is -2.38. The number of benzene rings is 2. The van der Waals surface area contributed by atoms with Crippen LogP contribution in [-0.4, -0.2) is 61.4 Å². The van der Waals surface area contributed by atoms with Gasteiger partial charge in [0.15, 0.2) is 0 Å². The molecule has 1 aliphatic rings. The van der Waals surface area contributed by atoms with Crippen LogP contribution in [0, 0.1) is 6.92 Å². The van der Waals surface area contributed by atoms with Gasteiger partial charge in [-0.1, -0.05) is 60.2 Å². The first-order chi connectivity index (χ1) is 14.4. The minimum Gasteiger partial charge on any atom is -0.346 e. The first-order valence-electron chi connectivity index (χ1n) is 10.6. The van der Waals surface area contributed by atoms with Crippen molar-refractivity contribution in [3.63, 3.8) is 0 Å². The van der Waals surface area contributed by atoms with Crippen molar-refractivity contribution in [1.82, 2.24) is 20.4 Å². The molecular formula is C24H32N4O2. The van der Waals surface area contributed by atoms with Crippen molar-refractivity contribution in [2.24, 2.45) is 0 Å². The lowest BCUT2D eigenvalue weighted by molar-refractivity contribution is -0.139. The van der Waals surface area contributed by atoms with Gasteiger partial charge in [0.05, 0.1) is 12.1 Å². The first kappa shape index (κ1) is 22.0. The predicted octanol–water partition coefficient (Wildman–Crippen LogP) is 2.28. The first-order valence-corrected chi connectivity index (χ1v) is 10.6. The van der Waals surface area contributed by atoms with Gasteiger partial charge in [0, 0.05) is 32.7 Å². The molecule has 0 saturated carbocycles. The molecule has 1 heterocycles. The van der Waals surface area contributed by atoms with Crippen molar-refractivity contribution in [2.75, 3.05) is 39.8 Å². The van der Waals surface area contributed by atoms with Gasteiger partial charge in [-0.3, -0.25) is 14.5 Å². The Kier molecular flexibility index (Phi) is 7.60. The Morgan fingerprint density at radius 1 is 0.900 bits per heavy atom. The van der Waals surface area contributed by atoms with Gasteiger partial charge < -0.3 is 15.5 Å². The van der Waals surface area contributed by atoms with E-state index in [0.717, 1.165) is 37.3 Å². The number of aryl methyl sites for hydroxylation is 1. The highest BCUT2D eigenvalue weighted by Gasteiger charge is 2.25. The third kappa shape index (κ3) is 5.90. The van der Waals surface area contributed by atoms with E-state index in [0.29, 0.717) is 6.54 Å². The second-order valence-electron chi connectivity index (χ2n) is 8.08. The molecule has 2 N–H and O–H groups in total. The smallest absolute Gasteiger partial charge is 0.309 e. The SMILES string of the molecule is Cc1ccc([C@H](CNC(=O)C(=O)N[C@H](C)c2ccccc2)N2CCN(C)CC2)cc1. The second-order valence-corrected chi connectivity index (χ2v) is 8.08. The molecule has 0 unspecified atom stereocenters. The third-order valence-corrected chi connectivity index (χ3v) is 5.75. The van der Waals surface area contributed by atoms with Crippen LogP contribution >= 0.6 is 0 Å². The predicted molar refractivity (Wildman–Crippen MR) is 119 cm³/mol. The van der Waals surface area contributed by atoms with Gasteiger partial charge >= 0.3 is 11.8 Å². The summed E-state index contributed by atoms with van der Waals surface area (Å²) in [6.45, 7) is 8.19. The average molecular weight is 409 g/mol. The van der Waals surface area contributed by atoms with Crippen molar-refractivity contribution in [3.05, 3.63) is 71.3 Å². The summed E-state index contributed by atoms with van der Waals surface area (Å²) in [6.07, 6.45) is 0. The summed E-state index contributed by atoms with van der Waals surface area (Å²) >= 11 is 0. The number of hydrogen-bond donors (Lipinski definition) is 2. The molecule has 160 valence electrons. The van der Waals surface area contributed by atoms with E-state index in [-0.39, 0.29) is 12.1 Å².